The summed E-state index contributed by atoms with van der Waals surface area (Å²) in [5.41, 5.74) is 1.51. The molecule has 7 nitrogen and oxygen atoms in total. The molecule has 1 aromatic carbocycles. The third-order valence-corrected chi connectivity index (χ3v) is 5.29. The van der Waals surface area contributed by atoms with Gasteiger partial charge in [-0.15, -0.1) is 0 Å². The summed E-state index contributed by atoms with van der Waals surface area (Å²) in [6, 6.07) is 10.1. The summed E-state index contributed by atoms with van der Waals surface area (Å²) in [5, 5.41) is 14.3. The number of nitrogens with one attached hydrogen (secondary N) is 2. The van der Waals surface area contributed by atoms with Crippen molar-refractivity contribution in [2.45, 2.75) is 18.9 Å². The van der Waals surface area contributed by atoms with Crippen LogP contribution in [0.1, 0.15) is 23.3 Å². The molecule has 0 spiro atoms. The lowest BCUT2D eigenvalue weighted by atomic mass is 9.84. The van der Waals surface area contributed by atoms with Crippen molar-refractivity contribution in [1.29, 1.82) is 0 Å². The van der Waals surface area contributed by atoms with Crippen LogP contribution in [0.2, 0.25) is 0 Å². The molecule has 3 aliphatic rings. The summed E-state index contributed by atoms with van der Waals surface area (Å²) in [5.74, 6) is 0.405. The maximum absolute atomic E-state index is 12.6. The molecule has 0 radical (unpaired) electrons. The normalized spacial score (nSPS) is 24.9. The number of benzene rings is 1. The van der Waals surface area contributed by atoms with E-state index in [-0.39, 0.29) is 17.6 Å². The van der Waals surface area contributed by atoms with Crippen LogP contribution in [-0.4, -0.2) is 46.4 Å². The second kappa shape index (κ2) is 6.33. The van der Waals surface area contributed by atoms with Gasteiger partial charge in [-0.1, -0.05) is 12.1 Å². The molecule has 1 unspecified atom stereocenters. The molecule has 1 amide bonds. The topological polar surface area (TPSA) is 91.3 Å². The van der Waals surface area contributed by atoms with Crippen LogP contribution in [0.4, 0.5) is 5.69 Å². The predicted octanol–water partition coefficient (Wildman–Crippen LogP) is 2.41. The van der Waals surface area contributed by atoms with Gasteiger partial charge in [0.1, 0.15) is 5.69 Å². The van der Waals surface area contributed by atoms with E-state index in [1.165, 1.54) is 6.07 Å². The van der Waals surface area contributed by atoms with Crippen LogP contribution in [-0.2, 0) is 0 Å². The Morgan fingerprint density at radius 2 is 1.96 bits per heavy atom. The van der Waals surface area contributed by atoms with Crippen LogP contribution < -0.4 is 5.32 Å². The molecule has 1 atom stereocenters. The maximum Gasteiger partial charge on any atom is 0.278 e. The average molecular weight is 340 g/mol. The van der Waals surface area contributed by atoms with Gasteiger partial charge in [0, 0.05) is 18.7 Å². The molecule has 3 saturated heterocycles. The number of aromatic nitrogens is 1. The van der Waals surface area contributed by atoms with Crippen LogP contribution in [0.15, 0.2) is 36.4 Å². The highest BCUT2D eigenvalue weighted by Crippen LogP contribution is 2.30. The molecule has 0 saturated carbocycles. The Morgan fingerprint density at radius 1 is 1.20 bits per heavy atom. The van der Waals surface area contributed by atoms with E-state index in [1.54, 1.807) is 30.3 Å². The van der Waals surface area contributed by atoms with Gasteiger partial charge < -0.3 is 15.2 Å². The van der Waals surface area contributed by atoms with E-state index in [9.17, 15) is 14.9 Å². The van der Waals surface area contributed by atoms with E-state index in [2.05, 4.69) is 15.2 Å². The Balaban J connectivity index is 1.51. The van der Waals surface area contributed by atoms with Gasteiger partial charge in [0.25, 0.3) is 11.6 Å². The molecule has 0 aliphatic carbocycles. The largest absolute Gasteiger partial charge is 0.350 e. The van der Waals surface area contributed by atoms with Gasteiger partial charge in [-0.25, -0.2) is 0 Å². The van der Waals surface area contributed by atoms with E-state index in [0.717, 1.165) is 32.5 Å². The summed E-state index contributed by atoms with van der Waals surface area (Å²) >= 11 is 0. The number of fused-ring (bicyclic) bond motifs is 3. The van der Waals surface area contributed by atoms with Gasteiger partial charge in [0.05, 0.1) is 16.2 Å². The first-order valence-corrected chi connectivity index (χ1v) is 8.58. The zero-order chi connectivity index (χ0) is 17.4. The van der Waals surface area contributed by atoms with E-state index < -0.39 is 4.92 Å². The molecule has 3 aliphatic heterocycles. The van der Waals surface area contributed by atoms with Crippen molar-refractivity contribution in [3.05, 3.63) is 52.2 Å². The molecule has 1 aromatic heterocycles. The third kappa shape index (κ3) is 3.02. The molecule has 2 bridgehead atoms. The SMILES string of the molecule is O=C(NC1CN2CCC1CC2)c1ccc(-c2ccccc2[N+](=O)[O-])[nH]1. The lowest BCUT2D eigenvalue weighted by molar-refractivity contribution is -0.384. The first-order valence-electron chi connectivity index (χ1n) is 8.58. The smallest absolute Gasteiger partial charge is 0.278 e. The molecule has 5 rings (SSSR count). The van der Waals surface area contributed by atoms with Crippen molar-refractivity contribution >= 4 is 11.6 Å². The van der Waals surface area contributed by atoms with Crippen LogP contribution >= 0.6 is 0 Å². The van der Waals surface area contributed by atoms with Gasteiger partial charge in [-0.05, 0) is 50.0 Å². The number of nitro benzene ring substituents is 1. The highest BCUT2D eigenvalue weighted by molar-refractivity contribution is 5.94. The molecule has 7 heteroatoms. The minimum Gasteiger partial charge on any atom is -0.350 e. The summed E-state index contributed by atoms with van der Waals surface area (Å²) in [6.07, 6.45) is 2.27. The number of hydrogen-bond donors (Lipinski definition) is 2. The molecule has 2 N–H and O–H groups in total. The van der Waals surface area contributed by atoms with Crippen LogP contribution in [0, 0.1) is 16.0 Å². The number of piperidine rings is 3. The maximum atomic E-state index is 12.6. The molecular formula is C18H20N4O3. The second-order valence-electron chi connectivity index (χ2n) is 6.78. The third-order valence-electron chi connectivity index (χ3n) is 5.29. The van der Waals surface area contributed by atoms with Gasteiger partial charge in [-0.2, -0.15) is 0 Å². The summed E-state index contributed by atoms with van der Waals surface area (Å²) in [7, 11) is 0. The number of carbonyl (C=O) groups excluding carboxylic acids is 1. The number of para-hydroxylation sites is 1. The number of amides is 1. The van der Waals surface area contributed by atoms with Gasteiger partial charge in [-0.3, -0.25) is 14.9 Å². The van der Waals surface area contributed by atoms with E-state index in [1.807, 2.05) is 0 Å². The highest BCUT2D eigenvalue weighted by Gasteiger charge is 2.35. The minimum absolute atomic E-state index is 0.0219. The summed E-state index contributed by atoms with van der Waals surface area (Å²) in [4.78, 5) is 28.7. The molecular weight excluding hydrogens is 320 g/mol. The number of H-pyrrole nitrogens is 1. The van der Waals surface area contributed by atoms with Crippen molar-refractivity contribution in [1.82, 2.24) is 15.2 Å². The first-order chi connectivity index (χ1) is 12.1. The number of rotatable bonds is 4. The predicted molar refractivity (Wildman–Crippen MR) is 93.3 cm³/mol. The monoisotopic (exact) mass is 340 g/mol. The summed E-state index contributed by atoms with van der Waals surface area (Å²) < 4.78 is 0. The number of nitrogens with zero attached hydrogens (tertiary/aromatic N) is 2. The average Bonchev–Trinajstić information content (AvgIpc) is 3.13. The summed E-state index contributed by atoms with van der Waals surface area (Å²) in [6.45, 7) is 3.16. The fourth-order valence-corrected chi connectivity index (χ4v) is 3.92. The fourth-order valence-electron chi connectivity index (χ4n) is 3.92. The first kappa shape index (κ1) is 15.8. The lowest BCUT2D eigenvalue weighted by Gasteiger charge is -2.44. The Hall–Kier alpha value is -2.67. The van der Waals surface area contributed by atoms with Crippen molar-refractivity contribution in [2.75, 3.05) is 19.6 Å². The lowest BCUT2D eigenvalue weighted by Crippen LogP contribution is -2.57. The van der Waals surface area contributed by atoms with Crippen LogP contribution in [0.25, 0.3) is 11.3 Å². The number of nitro groups is 1. The van der Waals surface area contributed by atoms with Gasteiger partial charge in [0.15, 0.2) is 0 Å². The second-order valence-corrected chi connectivity index (χ2v) is 6.78. The van der Waals surface area contributed by atoms with Gasteiger partial charge >= 0.3 is 0 Å². The van der Waals surface area contributed by atoms with Crippen LogP contribution in [0.3, 0.4) is 0 Å². The quantitative estimate of drug-likeness (QED) is 0.660. The number of hydrogen-bond acceptors (Lipinski definition) is 4. The highest BCUT2D eigenvalue weighted by atomic mass is 16.6. The zero-order valence-corrected chi connectivity index (χ0v) is 13.8. The van der Waals surface area contributed by atoms with Crippen molar-refractivity contribution in [3.63, 3.8) is 0 Å². The molecule has 130 valence electrons. The van der Waals surface area contributed by atoms with E-state index >= 15 is 0 Å². The molecule has 3 fully saturated rings. The Kier molecular flexibility index (Phi) is 4.01. The standard InChI is InChI=1S/C18H20N4O3/c23-18(20-16-11-21-9-7-12(16)8-10-21)15-6-5-14(19-15)13-3-1-2-4-17(13)22(24)25/h1-6,12,16,19H,7-11H2,(H,20,23). The number of aromatic amines is 1. The Labute approximate surface area is 145 Å². The molecule has 4 heterocycles. The van der Waals surface area contributed by atoms with Gasteiger partial charge in [0.2, 0.25) is 0 Å². The molecule has 2 aromatic rings. The van der Waals surface area contributed by atoms with E-state index in [0.29, 0.717) is 22.9 Å². The van der Waals surface area contributed by atoms with Crippen LogP contribution in [0.5, 0.6) is 0 Å². The Bertz CT molecular complexity index is 808. The zero-order valence-electron chi connectivity index (χ0n) is 13.8. The van der Waals surface area contributed by atoms with Crippen molar-refractivity contribution in [2.24, 2.45) is 5.92 Å². The molecule has 25 heavy (non-hydrogen) atoms. The van der Waals surface area contributed by atoms with Crippen molar-refractivity contribution in [3.8, 4) is 11.3 Å². The number of carbonyl (C=O) groups is 1. The fraction of sp³-hybridized carbons (Fsp3) is 0.389. The Morgan fingerprint density at radius 3 is 2.64 bits per heavy atom. The van der Waals surface area contributed by atoms with Crippen molar-refractivity contribution < 1.29 is 9.72 Å². The minimum atomic E-state index is -0.414. The van der Waals surface area contributed by atoms with E-state index in [4.69, 9.17) is 0 Å².